The maximum Gasteiger partial charge on any atom is 0.285 e. The van der Waals surface area contributed by atoms with Crippen LogP contribution in [0.5, 0.6) is 0 Å². The summed E-state index contributed by atoms with van der Waals surface area (Å²) in [6, 6.07) is 14.7. The van der Waals surface area contributed by atoms with E-state index in [1.54, 1.807) is 24.3 Å². The van der Waals surface area contributed by atoms with E-state index in [4.69, 9.17) is 9.57 Å². The second-order valence-electron chi connectivity index (χ2n) is 5.55. The van der Waals surface area contributed by atoms with E-state index in [0.717, 1.165) is 17.0 Å². The summed E-state index contributed by atoms with van der Waals surface area (Å²) in [5, 5.41) is 0.839. The molecule has 23 heavy (non-hydrogen) atoms. The number of hydroxylamine groups is 2. The van der Waals surface area contributed by atoms with Gasteiger partial charge in [0.2, 0.25) is 0 Å². The van der Waals surface area contributed by atoms with E-state index in [1.165, 1.54) is 5.56 Å². The van der Waals surface area contributed by atoms with Gasteiger partial charge in [-0.2, -0.15) is 0 Å². The van der Waals surface area contributed by atoms with Crippen LogP contribution in [0.1, 0.15) is 37.9 Å². The first-order chi connectivity index (χ1) is 11.3. The number of fused-ring (bicyclic) bond motifs is 2. The first-order valence-corrected chi connectivity index (χ1v) is 7.56. The van der Waals surface area contributed by atoms with Crippen molar-refractivity contribution in [2.45, 2.75) is 12.5 Å². The molecule has 0 bridgehead atoms. The fraction of sp³-hybridized carbons (Fsp3) is 0.222. The quantitative estimate of drug-likeness (QED) is 0.818. The Morgan fingerprint density at radius 3 is 2.39 bits per heavy atom. The molecule has 2 aliphatic heterocycles. The van der Waals surface area contributed by atoms with Crippen LogP contribution in [0.25, 0.3) is 0 Å². The largest absolute Gasteiger partial charge is 0.371 e. The van der Waals surface area contributed by atoms with Crippen LogP contribution in [0.15, 0.2) is 48.5 Å². The molecule has 5 nitrogen and oxygen atoms in total. The monoisotopic (exact) mass is 309 g/mol. The van der Waals surface area contributed by atoms with E-state index in [1.807, 2.05) is 18.2 Å². The van der Waals surface area contributed by atoms with Gasteiger partial charge in [-0.15, -0.1) is 5.06 Å². The Morgan fingerprint density at radius 1 is 1.00 bits per heavy atom. The van der Waals surface area contributed by atoms with Gasteiger partial charge in [-0.25, -0.2) is 0 Å². The molecule has 2 amide bonds. The number of carbonyl (C=O) groups is 2. The zero-order chi connectivity index (χ0) is 15.8. The highest BCUT2D eigenvalue weighted by Gasteiger charge is 2.37. The molecule has 4 rings (SSSR count). The van der Waals surface area contributed by atoms with Gasteiger partial charge in [0.1, 0.15) is 12.7 Å². The van der Waals surface area contributed by atoms with Crippen molar-refractivity contribution in [2.24, 2.45) is 0 Å². The Bertz CT molecular complexity index is 751. The Morgan fingerprint density at radius 2 is 1.65 bits per heavy atom. The van der Waals surface area contributed by atoms with Gasteiger partial charge in [0.25, 0.3) is 11.8 Å². The summed E-state index contributed by atoms with van der Waals surface area (Å²) in [4.78, 5) is 30.0. The summed E-state index contributed by atoms with van der Waals surface area (Å²) in [6.07, 6.45) is 0.587. The molecular weight excluding hydrogens is 294 g/mol. The van der Waals surface area contributed by atoms with Crippen molar-refractivity contribution in [3.05, 3.63) is 70.8 Å². The van der Waals surface area contributed by atoms with Gasteiger partial charge in [0, 0.05) is 0 Å². The van der Waals surface area contributed by atoms with Crippen LogP contribution in [-0.2, 0) is 16.0 Å². The molecule has 0 fully saturated rings. The van der Waals surface area contributed by atoms with Crippen LogP contribution >= 0.6 is 0 Å². The summed E-state index contributed by atoms with van der Waals surface area (Å²) >= 11 is 0. The Labute approximate surface area is 133 Å². The van der Waals surface area contributed by atoms with Crippen LogP contribution in [-0.4, -0.2) is 30.1 Å². The number of nitrogens with zero attached hydrogens (tertiary/aromatic N) is 1. The van der Waals surface area contributed by atoms with E-state index in [-0.39, 0.29) is 12.7 Å². The molecule has 2 aromatic carbocycles. The maximum absolute atomic E-state index is 12.3. The number of carbonyl (C=O) groups excluding carboxylic acids is 2. The van der Waals surface area contributed by atoms with Crippen molar-refractivity contribution in [3.63, 3.8) is 0 Å². The van der Waals surface area contributed by atoms with Crippen molar-refractivity contribution < 1.29 is 19.2 Å². The van der Waals surface area contributed by atoms with Gasteiger partial charge in [-0.1, -0.05) is 36.4 Å². The lowest BCUT2D eigenvalue weighted by Gasteiger charge is -2.26. The van der Waals surface area contributed by atoms with Crippen molar-refractivity contribution >= 4 is 11.8 Å². The van der Waals surface area contributed by atoms with E-state index in [0.29, 0.717) is 17.7 Å². The Kier molecular flexibility index (Phi) is 3.44. The third kappa shape index (κ3) is 2.34. The average molecular weight is 309 g/mol. The predicted octanol–water partition coefficient (Wildman–Crippen LogP) is 2.53. The first kappa shape index (κ1) is 14.1. The molecule has 0 N–H and O–H groups in total. The Balaban J connectivity index is 1.51. The molecule has 0 aliphatic carbocycles. The molecule has 0 saturated heterocycles. The zero-order valence-corrected chi connectivity index (χ0v) is 12.4. The van der Waals surface area contributed by atoms with E-state index in [2.05, 4.69) is 6.07 Å². The number of rotatable bonds is 3. The fourth-order valence-corrected chi connectivity index (χ4v) is 3.04. The third-order valence-electron chi connectivity index (χ3n) is 4.20. The molecule has 5 heteroatoms. The minimum atomic E-state index is -0.422. The molecule has 2 aliphatic rings. The van der Waals surface area contributed by atoms with Gasteiger partial charge in [-0.3, -0.25) is 14.4 Å². The Hall–Kier alpha value is -2.50. The number of hydrogen-bond donors (Lipinski definition) is 0. The first-order valence-electron chi connectivity index (χ1n) is 7.56. The molecule has 2 aromatic rings. The summed E-state index contributed by atoms with van der Waals surface area (Å²) in [5.41, 5.74) is 3.02. The lowest BCUT2D eigenvalue weighted by atomic mass is 9.98. The molecular formula is C18H15NO4. The summed E-state index contributed by atoms with van der Waals surface area (Å²) in [5.74, 6) is -0.843. The van der Waals surface area contributed by atoms with Crippen molar-refractivity contribution in [1.82, 2.24) is 5.06 Å². The highest BCUT2D eigenvalue weighted by atomic mass is 16.7. The van der Waals surface area contributed by atoms with Crippen molar-refractivity contribution in [3.8, 4) is 0 Å². The average Bonchev–Trinajstić information content (AvgIpc) is 2.84. The van der Waals surface area contributed by atoms with E-state index >= 15 is 0 Å². The van der Waals surface area contributed by atoms with Gasteiger partial charge in [-0.05, 0) is 29.7 Å². The summed E-state index contributed by atoms with van der Waals surface area (Å²) in [7, 11) is 0. The third-order valence-corrected chi connectivity index (χ3v) is 4.20. The second kappa shape index (κ2) is 5.61. The minimum Gasteiger partial charge on any atom is -0.371 e. The molecule has 1 atom stereocenters. The van der Waals surface area contributed by atoms with Crippen molar-refractivity contribution in [1.29, 1.82) is 0 Å². The number of amides is 2. The lowest BCUT2D eigenvalue weighted by molar-refractivity contribution is -0.130. The van der Waals surface area contributed by atoms with Gasteiger partial charge in [0.05, 0.1) is 17.7 Å². The topological polar surface area (TPSA) is 55.8 Å². The number of ether oxygens (including phenoxy) is 1. The SMILES string of the molecule is O=C1c2ccccc2C(=O)N1OCC1OCCc2ccccc21. The standard InChI is InChI=1S/C18H15NO4/c20-17-14-7-3-4-8-15(14)18(21)19(17)23-11-16-13-6-2-1-5-12(13)9-10-22-16/h1-8,16H,9-11H2. The van der Waals surface area contributed by atoms with Crippen LogP contribution in [0, 0.1) is 0 Å². The zero-order valence-electron chi connectivity index (χ0n) is 12.4. The second-order valence-corrected chi connectivity index (χ2v) is 5.55. The number of hydrogen-bond acceptors (Lipinski definition) is 4. The minimum absolute atomic E-state index is 0.127. The molecule has 0 saturated carbocycles. The van der Waals surface area contributed by atoms with E-state index < -0.39 is 11.8 Å². The number of benzene rings is 2. The van der Waals surface area contributed by atoms with Crippen molar-refractivity contribution in [2.75, 3.05) is 13.2 Å². The highest BCUT2D eigenvalue weighted by molar-refractivity contribution is 6.20. The molecule has 116 valence electrons. The van der Waals surface area contributed by atoms with Gasteiger partial charge < -0.3 is 4.74 Å². The highest BCUT2D eigenvalue weighted by Crippen LogP contribution is 2.29. The molecule has 1 unspecified atom stereocenters. The molecule has 0 aromatic heterocycles. The molecule has 0 spiro atoms. The lowest BCUT2D eigenvalue weighted by Crippen LogP contribution is -2.33. The maximum atomic E-state index is 12.3. The van der Waals surface area contributed by atoms with E-state index in [9.17, 15) is 9.59 Å². The van der Waals surface area contributed by atoms with Gasteiger partial charge >= 0.3 is 0 Å². The van der Waals surface area contributed by atoms with Crippen LogP contribution in [0.4, 0.5) is 0 Å². The normalized spacial score (nSPS) is 19.7. The smallest absolute Gasteiger partial charge is 0.285 e. The van der Waals surface area contributed by atoms with Crippen LogP contribution in [0.2, 0.25) is 0 Å². The van der Waals surface area contributed by atoms with Crippen LogP contribution < -0.4 is 0 Å². The molecule has 2 heterocycles. The molecule has 0 radical (unpaired) electrons. The fourth-order valence-electron chi connectivity index (χ4n) is 3.04. The summed E-state index contributed by atoms with van der Waals surface area (Å²) < 4.78 is 5.74. The predicted molar refractivity (Wildman–Crippen MR) is 81.7 cm³/mol. The van der Waals surface area contributed by atoms with Crippen LogP contribution in [0.3, 0.4) is 0 Å². The van der Waals surface area contributed by atoms with Gasteiger partial charge in [0.15, 0.2) is 0 Å². The summed E-state index contributed by atoms with van der Waals surface area (Å²) in [6.45, 7) is 0.732. The number of imide groups is 1.